The second-order valence-corrected chi connectivity index (χ2v) is 4.15. The summed E-state index contributed by atoms with van der Waals surface area (Å²) >= 11 is 0. The maximum absolute atomic E-state index is 11.9. The van der Waals surface area contributed by atoms with Crippen molar-refractivity contribution in [2.45, 2.75) is 13.0 Å². The topological polar surface area (TPSA) is 125 Å². The predicted molar refractivity (Wildman–Crippen MR) is 72.6 cm³/mol. The summed E-state index contributed by atoms with van der Waals surface area (Å²) in [5, 5.41) is 13.3. The molecule has 1 heterocycles. The standard InChI is InChI=1S/C12H14N6O3/c1-21-10-3-2-8(12(13)20)6-9(10)15-11(19)4-5-18-7-14-16-17-18/h2-3,6-7H,4-5H2,1H3,(H2,13,20)(H,15,19). The number of nitrogens with two attached hydrogens (primary N) is 1. The summed E-state index contributed by atoms with van der Waals surface area (Å²) in [6, 6.07) is 4.56. The van der Waals surface area contributed by atoms with Gasteiger partial charge in [-0.3, -0.25) is 9.59 Å². The first-order valence-electron chi connectivity index (χ1n) is 6.08. The van der Waals surface area contributed by atoms with Crippen molar-refractivity contribution in [3.8, 4) is 5.75 Å². The number of benzene rings is 1. The van der Waals surface area contributed by atoms with E-state index < -0.39 is 5.91 Å². The van der Waals surface area contributed by atoms with Crippen LogP contribution in [0.25, 0.3) is 0 Å². The Morgan fingerprint density at radius 2 is 2.24 bits per heavy atom. The van der Waals surface area contributed by atoms with Crippen molar-refractivity contribution in [2.75, 3.05) is 12.4 Å². The van der Waals surface area contributed by atoms with E-state index in [0.717, 1.165) is 0 Å². The van der Waals surface area contributed by atoms with Crippen LogP contribution in [0.4, 0.5) is 5.69 Å². The van der Waals surface area contributed by atoms with Gasteiger partial charge in [0, 0.05) is 12.0 Å². The number of hydrogen-bond acceptors (Lipinski definition) is 6. The SMILES string of the molecule is COc1ccc(C(N)=O)cc1NC(=O)CCn1cnnn1. The Morgan fingerprint density at radius 1 is 1.43 bits per heavy atom. The van der Waals surface area contributed by atoms with Crippen LogP contribution in [-0.4, -0.2) is 39.1 Å². The Morgan fingerprint density at radius 3 is 2.86 bits per heavy atom. The van der Waals surface area contributed by atoms with Crippen molar-refractivity contribution in [1.29, 1.82) is 0 Å². The molecule has 0 aliphatic carbocycles. The van der Waals surface area contributed by atoms with Gasteiger partial charge in [-0.1, -0.05) is 0 Å². The molecule has 9 nitrogen and oxygen atoms in total. The lowest BCUT2D eigenvalue weighted by Gasteiger charge is -2.11. The average molecular weight is 290 g/mol. The minimum Gasteiger partial charge on any atom is -0.495 e. The molecular formula is C12H14N6O3. The summed E-state index contributed by atoms with van der Waals surface area (Å²) in [7, 11) is 1.47. The molecule has 0 unspecified atom stereocenters. The van der Waals surface area contributed by atoms with E-state index in [1.54, 1.807) is 6.07 Å². The van der Waals surface area contributed by atoms with Crippen molar-refractivity contribution >= 4 is 17.5 Å². The quantitative estimate of drug-likeness (QED) is 0.759. The van der Waals surface area contributed by atoms with Crippen LogP contribution in [0.2, 0.25) is 0 Å². The summed E-state index contributed by atoms with van der Waals surface area (Å²) in [5.41, 5.74) is 5.88. The van der Waals surface area contributed by atoms with Crippen LogP contribution in [0.15, 0.2) is 24.5 Å². The number of aryl methyl sites for hydroxylation is 1. The van der Waals surface area contributed by atoms with Gasteiger partial charge in [-0.25, -0.2) is 4.68 Å². The second-order valence-electron chi connectivity index (χ2n) is 4.15. The van der Waals surface area contributed by atoms with Crippen molar-refractivity contribution < 1.29 is 14.3 Å². The first kappa shape index (κ1) is 14.4. The number of carbonyl (C=O) groups excluding carboxylic acids is 2. The van der Waals surface area contributed by atoms with Crippen LogP contribution < -0.4 is 15.8 Å². The summed E-state index contributed by atoms with van der Waals surface area (Å²) in [6.45, 7) is 0.344. The highest BCUT2D eigenvalue weighted by molar-refractivity contribution is 5.97. The first-order valence-corrected chi connectivity index (χ1v) is 6.08. The molecule has 2 aromatic rings. The van der Waals surface area contributed by atoms with Crippen LogP contribution in [0, 0.1) is 0 Å². The summed E-state index contributed by atoms with van der Waals surface area (Å²) < 4.78 is 6.57. The zero-order chi connectivity index (χ0) is 15.2. The van der Waals surface area contributed by atoms with Gasteiger partial charge in [0.15, 0.2) is 0 Å². The van der Waals surface area contributed by atoms with Crippen LogP contribution in [0.5, 0.6) is 5.75 Å². The van der Waals surface area contributed by atoms with E-state index in [2.05, 4.69) is 20.8 Å². The number of methoxy groups -OCH3 is 1. The van der Waals surface area contributed by atoms with Crippen LogP contribution in [0.3, 0.4) is 0 Å². The molecule has 9 heteroatoms. The summed E-state index contributed by atoms with van der Waals surface area (Å²) in [4.78, 5) is 23.1. The smallest absolute Gasteiger partial charge is 0.248 e. The van der Waals surface area contributed by atoms with Crippen LogP contribution in [0.1, 0.15) is 16.8 Å². The molecule has 0 fully saturated rings. The van der Waals surface area contributed by atoms with Gasteiger partial charge in [-0.05, 0) is 28.6 Å². The van der Waals surface area contributed by atoms with Crippen molar-refractivity contribution in [1.82, 2.24) is 20.2 Å². The van der Waals surface area contributed by atoms with Gasteiger partial charge in [0.2, 0.25) is 11.8 Å². The lowest BCUT2D eigenvalue weighted by atomic mass is 10.1. The molecule has 21 heavy (non-hydrogen) atoms. The molecule has 0 aliphatic heterocycles. The third kappa shape index (κ3) is 3.75. The van der Waals surface area contributed by atoms with Crippen LogP contribution >= 0.6 is 0 Å². The van der Waals surface area contributed by atoms with Gasteiger partial charge in [0.25, 0.3) is 0 Å². The highest BCUT2D eigenvalue weighted by Crippen LogP contribution is 2.25. The maximum Gasteiger partial charge on any atom is 0.248 e. The number of anilines is 1. The van der Waals surface area contributed by atoms with Gasteiger partial charge < -0.3 is 15.8 Å². The van der Waals surface area contributed by atoms with E-state index in [1.807, 2.05) is 0 Å². The van der Waals surface area contributed by atoms with Crippen LogP contribution in [-0.2, 0) is 11.3 Å². The van der Waals surface area contributed by atoms with Crippen molar-refractivity contribution in [2.24, 2.45) is 5.73 Å². The molecule has 0 atom stereocenters. The molecule has 2 rings (SSSR count). The number of primary amides is 1. The van der Waals surface area contributed by atoms with E-state index >= 15 is 0 Å². The minimum absolute atomic E-state index is 0.176. The molecule has 0 radical (unpaired) electrons. The molecule has 0 spiro atoms. The number of nitrogens with zero attached hydrogens (tertiary/aromatic N) is 4. The Bertz CT molecular complexity index is 640. The Balaban J connectivity index is 2.04. The average Bonchev–Trinajstić information content (AvgIpc) is 2.98. The molecule has 110 valence electrons. The molecule has 1 aromatic heterocycles. The predicted octanol–water partition coefficient (Wildman–Crippen LogP) is -0.191. The number of hydrogen-bond donors (Lipinski definition) is 2. The molecule has 0 bridgehead atoms. The number of ether oxygens (including phenoxy) is 1. The zero-order valence-corrected chi connectivity index (χ0v) is 11.3. The third-order valence-electron chi connectivity index (χ3n) is 2.72. The molecule has 0 saturated heterocycles. The highest BCUT2D eigenvalue weighted by atomic mass is 16.5. The number of tetrazole rings is 1. The number of nitrogens with one attached hydrogen (secondary N) is 1. The lowest BCUT2D eigenvalue weighted by molar-refractivity contribution is -0.116. The van der Waals surface area contributed by atoms with Gasteiger partial charge in [-0.15, -0.1) is 5.10 Å². The molecular weight excluding hydrogens is 276 g/mol. The zero-order valence-electron chi connectivity index (χ0n) is 11.3. The van der Waals surface area contributed by atoms with Gasteiger partial charge in [0.1, 0.15) is 12.1 Å². The van der Waals surface area contributed by atoms with Crippen molar-refractivity contribution in [3.63, 3.8) is 0 Å². The van der Waals surface area contributed by atoms with E-state index in [1.165, 1.54) is 30.3 Å². The number of rotatable bonds is 6. The molecule has 1 aromatic carbocycles. The number of aromatic nitrogens is 4. The van der Waals surface area contributed by atoms with E-state index in [4.69, 9.17) is 10.5 Å². The molecule has 0 aliphatic rings. The summed E-state index contributed by atoms with van der Waals surface area (Å²) in [6.07, 6.45) is 1.59. The number of amides is 2. The fraction of sp³-hybridized carbons (Fsp3) is 0.250. The Labute approximate surface area is 120 Å². The van der Waals surface area contributed by atoms with Crippen molar-refractivity contribution in [3.05, 3.63) is 30.1 Å². The fourth-order valence-corrected chi connectivity index (χ4v) is 1.67. The Kier molecular flexibility index (Phi) is 4.44. The van der Waals surface area contributed by atoms with E-state index in [9.17, 15) is 9.59 Å². The van der Waals surface area contributed by atoms with Gasteiger partial charge >= 0.3 is 0 Å². The fourth-order valence-electron chi connectivity index (χ4n) is 1.67. The monoisotopic (exact) mass is 290 g/mol. The second kappa shape index (κ2) is 6.46. The maximum atomic E-state index is 11.9. The minimum atomic E-state index is -0.582. The highest BCUT2D eigenvalue weighted by Gasteiger charge is 2.11. The number of carbonyl (C=O) groups is 2. The van der Waals surface area contributed by atoms with Gasteiger partial charge in [-0.2, -0.15) is 0 Å². The van der Waals surface area contributed by atoms with E-state index in [0.29, 0.717) is 18.0 Å². The molecule has 3 N–H and O–H groups in total. The van der Waals surface area contributed by atoms with Gasteiger partial charge in [0.05, 0.1) is 19.3 Å². The van der Waals surface area contributed by atoms with E-state index in [-0.39, 0.29) is 17.9 Å². The first-order chi connectivity index (χ1) is 10.1. The normalized spacial score (nSPS) is 10.1. The largest absolute Gasteiger partial charge is 0.495 e. The molecule has 0 saturated carbocycles. The third-order valence-corrected chi connectivity index (χ3v) is 2.72. The Hall–Kier alpha value is -2.97. The molecule has 2 amide bonds. The lowest BCUT2D eigenvalue weighted by Crippen LogP contribution is -2.17. The summed E-state index contributed by atoms with van der Waals surface area (Å²) in [5.74, 6) is -0.400.